The zero-order chi connectivity index (χ0) is 21.8. The second-order valence-electron chi connectivity index (χ2n) is 11.7. The number of methoxy groups -OCH3 is 1. The molecule has 166 valence electrons. The third-order valence-electron chi connectivity index (χ3n) is 9.36. The van der Waals surface area contributed by atoms with E-state index in [2.05, 4.69) is 47.7 Å². The molecule has 0 bridgehead atoms. The average molecular weight is 423 g/mol. The molecule has 0 saturated heterocycles. The highest BCUT2D eigenvalue weighted by Gasteiger charge is 2.64. The van der Waals surface area contributed by atoms with Crippen LogP contribution in [0.5, 0.6) is 0 Å². The normalized spacial score (nSPS) is 40.3. The van der Waals surface area contributed by atoms with E-state index in [1.54, 1.807) is 0 Å². The third kappa shape index (κ3) is 3.64. The molecule has 0 N–H and O–H groups in total. The van der Waals surface area contributed by atoms with Gasteiger partial charge in [0.05, 0.1) is 12.5 Å². The van der Waals surface area contributed by atoms with E-state index in [4.69, 9.17) is 9.16 Å². The van der Waals surface area contributed by atoms with Crippen LogP contribution in [-0.4, -0.2) is 33.8 Å². The zero-order valence-corrected chi connectivity index (χ0v) is 20.8. The predicted molar refractivity (Wildman–Crippen MR) is 118 cm³/mol. The van der Waals surface area contributed by atoms with Crippen molar-refractivity contribution >= 4 is 20.1 Å². The van der Waals surface area contributed by atoms with Crippen LogP contribution in [0.2, 0.25) is 18.1 Å². The van der Waals surface area contributed by atoms with Crippen molar-refractivity contribution in [2.24, 2.45) is 40.9 Å². The fourth-order valence-corrected chi connectivity index (χ4v) is 7.68. The summed E-state index contributed by atoms with van der Waals surface area (Å²) in [5.74, 6) is 1.84. The second kappa shape index (κ2) is 7.78. The summed E-state index contributed by atoms with van der Waals surface area (Å²) in [7, 11) is -0.365. The number of ketones is 1. The van der Waals surface area contributed by atoms with E-state index < -0.39 is 13.7 Å². The van der Waals surface area contributed by atoms with Crippen LogP contribution in [0.25, 0.3) is 0 Å². The maximum Gasteiger partial charge on any atom is 0.312 e. The van der Waals surface area contributed by atoms with Gasteiger partial charge in [-0.1, -0.05) is 34.6 Å². The molecule has 3 rings (SSSR count). The molecule has 7 atom stereocenters. The number of carbonyl (C=O) groups excluding carboxylic acids is 2. The Morgan fingerprint density at radius 2 is 1.86 bits per heavy atom. The lowest BCUT2D eigenvalue weighted by Gasteiger charge is -2.60. The first-order valence-electron chi connectivity index (χ1n) is 11.6. The number of hydrogen-bond acceptors (Lipinski definition) is 4. The Kier molecular flexibility index (Phi) is 6.17. The SMILES string of the molecule is COC(=O)[C@@]12CCC(=O)[C@H]3[C@@H](CO[Si](C)(C)C(C)(C)C)C[C@H](C)[C@@H](CC[C@@H]1C)[C@@H]32. The van der Waals surface area contributed by atoms with Gasteiger partial charge in [-0.05, 0) is 73.4 Å². The molecule has 0 aromatic carbocycles. The predicted octanol–water partition coefficient (Wildman–Crippen LogP) is 5.47. The maximum absolute atomic E-state index is 13.3. The minimum Gasteiger partial charge on any atom is -0.469 e. The van der Waals surface area contributed by atoms with Crippen molar-refractivity contribution in [3.63, 3.8) is 0 Å². The largest absolute Gasteiger partial charge is 0.469 e. The minimum atomic E-state index is -1.88. The molecule has 3 aliphatic rings. The first kappa shape index (κ1) is 23.0. The fraction of sp³-hybridized carbons (Fsp3) is 0.917. The van der Waals surface area contributed by atoms with E-state index in [0.29, 0.717) is 37.1 Å². The summed E-state index contributed by atoms with van der Waals surface area (Å²) < 4.78 is 12.0. The van der Waals surface area contributed by atoms with Crippen LogP contribution in [0.1, 0.15) is 66.7 Å². The lowest BCUT2D eigenvalue weighted by atomic mass is 9.43. The lowest BCUT2D eigenvalue weighted by Crippen LogP contribution is -2.62. The highest BCUT2D eigenvalue weighted by Crippen LogP contribution is 2.63. The quantitative estimate of drug-likeness (QED) is 0.445. The van der Waals surface area contributed by atoms with Crippen LogP contribution in [0.15, 0.2) is 0 Å². The first-order valence-corrected chi connectivity index (χ1v) is 14.5. The van der Waals surface area contributed by atoms with Crippen LogP contribution in [0.3, 0.4) is 0 Å². The summed E-state index contributed by atoms with van der Waals surface area (Å²) in [6.45, 7) is 16.5. The van der Waals surface area contributed by atoms with E-state index >= 15 is 0 Å². The Labute approximate surface area is 178 Å². The number of rotatable bonds is 4. The molecule has 0 heterocycles. The highest BCUT2D eigenvalue weighted by atomic mass is 28.4. The van der Waals surface area contributed by atoms with Crippen molar-refractivity contribution < 1.29 is 18.8 Å². The standard InChI is InChI=1S/C24H42O4Si/c1-15-13-17(14-28-29(7,8)23(3,4)5)20-19(25)11-12-24(22(26)27-6)16(2)9-10-18(15)21(20)24/h15-18,20-21H,9-14H2,1-8H3/t15-,16-,17+,18+,20+,21-,24-/m0/s1. The molecule has 0 aromatic heterocycles. The number of esters is 1. The van der Waals surface area contributed by atoms with Crippen molar-refractivity contribution in [1.29, 1.82) is 0 Å². The van der Waals surface area contributed by atoms with Crippen LogP contribution in [-0.2, 0) is 18.8 Å². The Bertz CT molecular complexity index is 652. The van der Waals surface area contributed by atoms with Gasteiger partial charge in [0.15, 0.2) is 8.32 Å². The first-order chi connectivity index (χ1) is 13.4. The Balaban J connectivity index is 1.95. The van der Waals surface area contributed by atoms with Gasteiger partial charge in [-0.2, -0.15) is 0 Å². The number of hydrogen-bond donors (Lipinski definition) is 0. The molecule has 0 radical (unpaired) electrons. The van der Waals surface area contributed by atoms with E-state index in [1.807, 2.05) is 0 Å². The topological polar surface area (TPSA) is 52.6 Å². The average Bonchev–Trinajstić information content (AvgIpc) is 2.64. The molecule has 29 heavy (non-hydrogen) atoms. The third-order valence-corrected chi connectivity index (χ3v) is 13.9. The second-order valence-corrected chi connectivity index (χ2v) is 16.5. The molecule has 0 spiro atoms. The minimum absolute atomic E-state index is 0.0448. The summed E-state index contributed by atoms with van der Waals surface area (Å²) in [5, 5.41) is 0.154. The van der Waals surface area contributed by atoms with Gasteiger partial charge < -0.3 is 9.16 Å². The van der Waals surface area contributed by atoms with Gasteiger partial charge in [-0.15, -0.1) is 0 Å². The van der Waals surface area contributed by atoms with Crippen molar-refractivity contribution in [3.8, 4) is 0 Å². The number of ether oxygens (including phenoxy) is 1. The van der Waals surface area contributed by atoms with Crippen molar-refractivity contribution in [2.75, 3.05) is 13.7 Å². The highest BCUT2D eigenvalue weighted by molar-refractivity contribution is 6.74. The molecule has 0 aliphatic heterocycles. The van der Waals surface area contributed by atoms with Gasteiger partial charge in [-0.3, -0.25) is 9.59 Å². The summed E-state index contributed by atoms with van der Waals surface area (Å²) in [6.07, 6.45) is 4.41. The molecule has 0 aromatic rings. The summed E-state index contributed by atoms with van der Waals surface area (Å²) >= 11 is 0. The van der Waals surface area contributed by atoms with Crippen LogP contribution < -0.4 is 0 Å². The molecular formula is C24H42O4Si. The van der Waals surface area contributed by atoms with E-state index in [-0.39, 0.29) is 34.7 Å². The smallest absolute Gasteiger partial charge is 0.312 e. The van der Waals surface area contributed by atoms with Gasteiger partial charge >= 0.3 is 5.97 Å². The van der Waals surface area contributed by atoms with Crippen molar-refractivity contribution in [3.05, 3.63) is 0 Å². The molecular weight excluding hydrogens is 380 g/mol. The van der Waals surface area contributed by atoms with E-state index in [1.165, 1.54) is 7.11 Å². The van der Waals surface area contributed by atoms with Crippen LogP contribution in [0.4, 0.5) is 0 Å². The van der Waals surface area contributed by atoms with Crippen LogP contribution >= 0.6 is 0 Å². The Hall–Kier alpha value is -0.683. The Morgan fingerprint density at radius 3 is 2.45 bits per heavy atom. The number of Topliss-reactive ketones (excluding diaryl/α,β-unsaturated/α-hetero) is 1. The molecule has 5 heteroatoms. The molecule has 4 nitrogen and oxygen atoms in total. The fourth-order valence-electron chi connectivity index (χ4n) is 6.61. The summed E-state index contributed by atoms with van der Waals surface area (Å²) in [5.41, 5.74) is -0.486. The van der Waals surface area contributed by atoms with Crippen molar-refractivity contribution in [2.45, 2.75) is 84.9 Å². The van der Waals surface area contributed by atoms with Gasteiger partial charge in [0.2, 0.25) is 0 Å². The van der Waals surface area contributed by atoms with E-state index in [0.717, 1.165) is 19.3 Å². The van der Waals surface area contributed by atoms with Gasteiger partial charge in [0.25, 0.3) is 0 Å². The molecule has 3 aliphatic carbocycles. The zero-order valence-electron chi connectivity index (χ0n) is 19.8. The van der Waals surface area contributed by atoms with Gasteiger partial charge in [0, 0.05) is 18.9 Å². The van der Waals surface area contributed by atoms with E-state index in [9.17, 15) is 9.59 Å². The lowest BCUT2D eigenvalue weighted by molar-refractivity contribution is -0.190. The maximum atomic E-state index is 13.3. The molecule has 3 fully saturated rings. The van der Waals surface area contributed by atoms with Crippen molar-refractivity contribution in [1.82, 2.24) is 0 Å². The monoisotopic (exact) mass is 422 g/mol. The number of carbonyl (C=O) groups is 2. The summed E-state index contributed by atoms with van der Waals surface area (Å²) in [4.78, 5) is 26.4. The Morgan fingerprint density at radius 1 is 1.21 bits per heavy atom. The molecule has 0 unspecified atom stereocenters. The van der Waals surface area contributed by atoms with Gasteiger partial charge in [0.1, 0.15) is 5.78 Å². The molecule has 3 saturated carbocycles. The molecule has 0 amide bonds. The summed E-state index contributed by atoms with van der Waals surface area (Å²) in [6, 6.07) is 0. The van der Waals surface area contributed by atoms with Crippen LogP contribution in [0, 0.1) is 40.9 Å². The van der Waals surface area contributed by atoms with Gasteiger partial charge in [-0.25, -0.2) is 0 Å².